The van der Waals surface area contributed by atoms with E-state index in [9.17, 15) is 9.59 Å². The van der Waals surface area contributed by atoms with Crippen molar-refractivity contribution in [3.05, 3.63) is 93.5 Å². The molecule has 0 saturated carbocycles. The summed E-state index contributed by atoms with van der Waals surface area (Å²) in [6.45, 7) is 10.0. The Morgan fingerprint density at radius 2 is 1.41 bits per heavy atom. The van der Waals surface area contributed by atoms with Gasteiger partial charge in [-0.05, 0) is 110 Å². The van der Waals surface area contributed by atoms with Gasteiger partial charge in [0.15, 0.2) is 0 Å². The molecular weight excluding hydrogens is 466 g/mol. The summed E-state index contributed by atoms with van der Waals surface area (Å²) in [4.78, 5) is 23.2. The van der Waals surface area contributed by atoms with Crippen molar-refractivity contribution in [2.75, 3.05) is 20.3 Å². The first kappa shape index (κ1) is 27.8. The minimum absolute atomic E-state index is 0.145. The predicted molar refractivity (Wildman–Crippen MR) is 145 cm³/mol. The van der Waals surface area contributed by atoms with Gasteiger partial charge < -0.3 is 19.5 Å². The van der Waals surface area contributed by atoms with Crippen molar-refractivity contribution >= 4 is 11.9 Å². The van der Waals surface area contributed by atoms with Crippen molar-refractivity contribution in [3.8, 4) is 11.5 Å². The first-order valence-corrected chi connectivity index (χ1v) is 12.6. The first-order chi connectivity index (χ1) is 17.8. The number of esters is 1. The molecule has 1 N–H and O–H groups in total. The molecule has 196 valence electrons. The second kappa shape index (κ2) is 13.5. The molecule has 0 fully saturated rings. The quantitative estimate of drug-likeness (QED) is 0.250. The molecule has 3 rings (SSSR count). The summed E-state index contributed by atoms with van der Waals surface area (Å²) < 4.78 is 16.5. The van der Waals surface area contributed by atoms with Gasteiger partial charge in [0.25, 0.3) is 5.91 Å². The Kier molecular flexibility index (Phi) is 10.1. The zero-order valence-electron chi connectivity index (χ0n) is 22.5. The minimum atomic E-state index is -0.355. The normalized spacial score (nSPS) is 10.6. The monoisotopic (exact) mass is 503 g/mol. The predicted octanol–water partition coefficient (Wildman–Crippen LogP) is 5.80. The topological polar surface area (TPSA) is 73.9 Å². The Bertz CT molecular complexity index is 1170. The van der Waals surface area contributed by atoms with Crippen LogP contribution in [0.5, 0.6) is 11.5 Å². The molecule has 0 spiro atoms. The molecule has 0 aromatic heterocycles. The standard InChI is InChI=1S/C31H37NO5/c1-21-19-22(2)24(4)29(23(21)3)20-37-28-12-8-25(9-13-28)7-6-18-36-27-14-10-26(11-15-27)31(34)32-17-16-30(33)35-5/h8-15,19H,6-7,16-18,20H2,1-5H3,(H,32,34). The van der Waals surface area contributed by atoms with Crippen molar-refractivity contribution in [1.29, 1.82) is 0 Å². The van der Waals surface area contributed by atoms with Crippen LogP contribution in [0.2, 0.25) is 0 Å². The van der Waals surface area contributed by atoms with E-state index in [0.717, 1.165) is 18.6 Å². The summed E-state index contributed by atoms with van der Waals surface area (Å²) in [6.07, 6.45) is 1.92. The van der Waals surface area contributed by atoms with E-state index in [1.54, 1.807) is 24.3 Å². The van der Waals surface area contributed by atoms with Crippen LogP contribution >= 0.6 is 0 Å². The number of rotatable bonds is 12. The number of nitrogens with one attached hydrogen (secondary N) is 1. The Morgan fingerprint density at radius 3 is 2.03 bits per heavy atom. The highest BCUT2D eigenvalue weighted by Crippen LogP contribution is 2.24. The highest BCUT2D eigenvalue weighted by atomic mass is 16.5. The number of hydrogen-bond donors (Lipinski definition) is 1. The van der Waals surface area contributed by atoms with Gasteiger partial charge in [-0.25, -0.2) is 0 Å². The molecule has 0 saturated heterocycles. The molecule has 3 aromatic rings. The van der Waals surface area contributed by atoms with Crippen molar-refractivity contribution in [2.24, 2.45) is 0 Å². The maximum atomic E-state index is 12.1. The number of carbonyl (C=O) groups excluding carboxylic acids is 2. The molecule has 0 unspecified atom stereocenters. The van der Waals surface area contributed by atoms with Crippen LogP contribution in [0.15, 0.2) is 54.6 Å². The second-order valence-electron chi connectivity index (χ2n) is 9.23. The molecule has 0 bridgehead atoms. The maximum absolute atomic E-state index is 12.1. The third-order valence-corrected chi connectivity index (χ3v) is 6.67. The van der Waals surface area contributed by atoms with Crippen LogP contribution in [-0.4, -0.2) is 32.1 Å². The zero-order valence-corrected chi connectivity index (χ0v) is 22.5. The summed E-state index contributed by atoms with van der Waals surface area (Å²) in [5.74, 6) is 0.994. The molecule has 37 heavy (non-hydrogen) atoms. The third kappa shape index (κ3) is 8.10. The second-order valence-corrected chi connectivity index (χ2v) is 9.23. The third-order valence-electron chi connectivity index (χ3n) is 6.67. The maximum Gasteiger partial charge on any atom is 0.307 e. The molecule has 0 heterocycles. The first-order valence-electron chi connectivity index (χ1n) is 12.6. The summed E-state index contributed by atoms with van der Waals surface area (Å²) in [5.41, 5.74) is 8.21. The number of ether oxygens (including phenoxy) is 3. The largest absolute Gasteiger partial charge is 0.494 e. The summed E-state index contributed by atoms with van der Waals surface area (Å²) in [7, 11) is 1.32. The van der Waals surface area contributed by atoms with E-state index in [-0.39, 0.29) is 24.8 Å². The van der Waals surface area contributed by atoms with Crippen LogP contribution in [-0.2, 0) is 22.6 Å². The smallest absolute Gasteiger partial charge is 0.307 e. The van der Waals surface area contributed by atoms with Crippen molar-refractivity contribution in [3.63, 3.8) is 0 Å². The fraction of sp³-hybridized carbons (Fsp3) is 0.355. The molecule has 3 aromatic carbocycles. The summed E-state index contributed by atoms with van der Waals surface area (Å²) in [6, 6.07) is 17.5. The average molecular weight is 504 g/mol. The lowest BCUT2D eigenvalue weighted by Crippen LogP contribution is -2.26. The van der Waals surface area contributed by atoms with Gasteiger partial charge in [0, 0.05) is 12.1 Å². The van der Waals surface area contributed by atoms with E-state index >= 15 is 0 Å². The molecule has 0 atom stereocenters. The zero-order chi connectivity index (χ0) is 26.8. The molecule has 0 aliphatic carbocycles. The summed E-state index contributed by atoms with van der Waals surface area (Å²) in [5, 5.41) is 2.69. The van der Waals surface area contributed by atoms with Crippen molar-refractivity contribution < 1.29 is 23.8 Å². The highest BCUT2D eigenvalue weighted by Gasteiger charge is 2.10. The lowest BCUT2D eigenvalue weighted by atomic mass is 9.95. The van der Waals surface area contributed by atoms with E-state index in [1.807, 2.05) is 12.1 Å². The van der Waals surface area contributed by atoms with E-state index in [0.29, 0.717) is 24.5 Å². The molecule has 1 amide bonds. The van der Waals surface area contributed by atoms with Crippen LogP contribution in [0, 0.1) is 27.7 Å². The number of methoxy groups -OCH3 is 1. The number of aryl methyl sites for hydroxylation is 3. The van der Waals surface area contributed by atoms with Gasteiger partial charge in [0.1, 0.15) is 18.1 Å². The van der Waals surface area contributed by atoms with Crippen LogP contribution in [0.25, 0.3) is 0 Å². The van der Waals surface area contributed by atoms with Crippen molar-refractivity contribution in [2.45, 2.75) is 53.6 Å². The van der Waals surface area contributed by atoms with Gasteiger partial charge in [-0.2, -0.15) is 0 Å². The van der Waals surface area contributed by atoms with Crippen LogP contribution in [0.3, 0.4) is 0 Å². The SMILES string of the molecule is COC(=O)CCNC(=O)c1ccc(OCCCc2ccc(OCc3c(C)c(C)cc(C)c3C)cc2)cc1. The lowest BCUT2D eigenvalue weighted by molar-refractivity contribution is -0.140. The van der Waals surface area contributed by atoms with Gasteiger partial charge in [-0.15, -0.1) is 0 Å². The lowest BCUT2D eigenvalue weighted by Gasteiger charge is -2.16. The summed E-state index contributed by atoms with van der Waals surface area (Å²) >= 11 is 0. The van der Waals surface area contributed by atoms with E-state index in [4.69, 9.17) is 9.47 Å². The number of benzene rings is 3. The van der Waals surface area contributed by atoms with Crippen LogP contribution in [0.4, 0.5) is 0 Å². The Balaban J connectivity index is 1.40. The van der Waals surface area contributed by atoms with E-state index < -0.39 is 0 Å². The van der Waals surface area contributed by atoms with Gasteiger partial charge in [-0.1, -0.05) is 18.2 Å². The Hall–Kier alpha value is -3.80. The molecule has 0 aliphatic heterocycles. The molecule has 6 heteroatoms. The van der Waals surface area contributed by atoms with E-state index in [2.05, 4.69) is 55.9 Å². The molecule has 0 radical (unpaired) electrons. The minimum Gasteiger partial charge on any atom is -0.494 e. The van der Waals surface area contributed by atoms with Gasteiger partial charge >= 0.3 is 5.97 Å². The fourth-order valence-corrected chi connectivity index (χ4v) is 4.07. The van der Waals surface area contributed by atoms with Crippen LogP contribution < -0.4 is 14.8 Å². The number of hydrogen-bond acceptors (Lipinski definition) is 5. The number of amides is 1. The van der Waals surface area contributed by atoms with Gasteiger partial charge in [-0.3, -0.25) is 9.59 Å². The average Bonchev–Trinajstić information content (AvgIpc) is 2.91. The fourth-order valence-electron chi connectivity index (χ4n) is 4.07. The van der Waals surface area contributed by atoms with E-state index in [1.165, 1.54) is 40.5 Å². The molecule has 0 aliphatic rings. The van der Waals surface area contributed by atoms with Crippen molar-refractivity contribution in [1.82, 2.24) is 5.32 Å². The molecule has 6 nitrogen and oxygen atoms in total. The highest BCUT2D eigenvalue weighted by molar-refractivity contribution is 5.94. The van der Waals surface area contributed by atoms with Gasteiger partial charge in [0.05, 0.1) is 20.1 Å². The number of carbonyl (C=O) groups is 2. The molecular formula is C31H37NO5. The Labute approximate surface area is 220 Å². The Morgan fingerprint density at radius 1 is 0.811 bits per heavy atom. The van der Waals surface area contributed by atoms with Crippen LogP contribution in [0.1, 0.15) is 56.6 Å². The van der Waals surface area contributed by atoms with Gasteiger partial charge in [0.2, 0.25) is 0 Å².